The van der Waals surface area contributed by atoms with Crippen molar-refractivity contribution >= 4 is 45.9 Å². The van der Waals surface area contributed by atoms with Crippen LogP contribution in [0.4, 0.5) is 0 Å². The van der Waals surface area contributed by atoms with Gasteiger partial charge in [-0.1, -0.05) is 36.5 Å². The third kappa shape index (κ3) is 4.41. The molecule has 3 rings (SSSR count). The highest BCUT2D eigenvalue weighted by atomic mass is 35.5. The number of nitrogens with one attached hydrogen (secondary N) is 1. The SMILES string of the molecule is CCCCNC(=O)Cc1c(C)n(C(=O)c2ccc(Cl)cc2)c2cc(Cl)c(O)cc12. The summed E-state index contributed by atoms with van der Waals surface area (Å²) in [6, 6.07) is 9.65. The minimum atomic E-state index is -0.261. The summed E-state index contributed by atoms with van der Waals surface area (Å²) in [5.74, 6) is -0.486. The normalized spacial score (nSPS) is 11.0. The van der Waals surface area contributed by atoms with E-state index >= 15 is 0 Å². The van der Waals surface area contributed by atoms with Gasteiger partial charge in [-0.2, -0.15) is 0 Å². The van der Waals surface area contributed by atoms with Gasteiger partial charge in [0.2, 0.25) is 5.91 Å². The number of benzene rings is 2. The molecular weight excluding hydrogens is 411 g/mol. The average Bonchev–Trinajstić information content (AvgIpc) is 2.93. The molecule has 0 bridgehead atoms. The van der Waals surface area contributed by atoms with Crippen molar-refractivity contribution in [2.75, 3.05) is 6.54 Å². The number of phenolic OH excluding ortho intramolecular Hbond substituents is 1. The Balaban J connectivity index is 2.09. The quantitative estimate of drug-likeness (QED) is 0.531. The second kappa shape index (κ2) is 8.89. The third-order valence-corrected chi connectivity index (χ3v) is 5.44. The Morgan fingerprint density at radius 1 is 1.14 bits per heavy atom. The van der Waals surface area contributed by atoms with E-state index in [-0.39, 0.29) is 29.0 Å². The number of fused-ring (bicyclic) bond motifs is 1. The van der Waals surface area contributed by atoms with Crippen LogP contribution in [0.5, 0.6) is 5.75 Å². The molecule has 0 saturated heterocycles. The fourth-order valence-electron chi connectivity index (χ4n) is 3.32. The number of phenols is 1. The maximum atomic E-state index is 13.2. The molecule has 0 unspecified atom stereocenters. The monoisotopic (exact) mass is 432 g/mol. The van der Waals surface area contributed by atoms with Gasteiger partial charge in [0, 0.05) is 28.2 Å². The van der Waals surface area contributed by atoms with E-state index in [1.54, 1.807) is 37.3 Å². The maximum absolute atomic E-state index is 13.2. The van der Waals surface area contributed by atoms with Crippen LogP contribution in [0, 0.1) is 6.92 Å². The van der Waals surface area contributed by atoms with Gasteiger partial charge in [0.1, 0.15) is 5.75 Å². The second-order valence-electron chi connectivity index (χ2n) is 6.91. The van der Waals surface area contributed by atoms with Crippen molar-refractivity contribution in [1.29, 1.82) is 0 Å². The summed E-state index contributed by atoms with van der Waals surface area (Å²) in [4.78, 5) is 25.6. The summed E-state index contributed by atoms with van der Waals surface area (Å²) in [6.45, 7) is 4.44. The van der Waals surface area contributed by atoms with Gasteiger partial charge in [-0.25, -0.2) is 0 Å². The minimum Gasteiger partial charge on any atom is -0.506 e. The number of hydrogen-bond donors (Lipinski definition) is 2. The molecule has 0 fully saturated rings. The van der Waals surface area contributed by atoms with Gasteiger partial charge in [-0.15, -0.1) is 0 Å². The van der Waals surface area contributed by atoms with Crippen LogP contribution in [-0.4, -0.2) is 28.0 Å². The highest BCUT2D eigenvalue weighted by molar-refractivity contribution is 6.33. The molecule has 1 aromatic heterocycles. The van der Waals surface area contributed by atoms with E-state index in [4.69, 9.17) is 23.2 Å². The number of hydrogen-bond acceptors (Lipinski definition) is 3. The first-order chi connectivity index (χ1) is 13.8. The molecule has 29 heavy (non-hydrogen) atoms. The van der Waals surface area contributed by atoms with Crippen molar-refractivity contribution in [3.63, 3.8) is 0 Å². The van der Waals surface area contributed by atoms with E-state index < -0.39 is 0 Å². The fourth-order valence-corrected chi connectivity index (χ4v) is 3.61. The predicted octanol–water partition coefficient (Wildman–Crippen LogP) is 5.11. The third-order valence-electron chi connectivity index (χ3n) is 4.89. The number of nitrogens with zero attached hydrogens (tertiary/aromatic N) is 1. The lowest BCUT2D eigenvalue weighted by molar-refractivity contribution is -0.120. The van der Waals surface area contributed by atoms with Crippen LogP contribution in [0.15, 0.2) is 36.4 Å². The first-order valence-electron chi connectivity index (χ1n) is 9.42. The molecule has 1 heterocycles. The highest BCUT2D eigenvalue weighted by Gasteiger charge is 2.22. The smallest absolute Gasteiger partial charge is 0.262 e. The lowest BCUT2D eigenvalue weighted by atomic mass is 10.1. The van der Waals surface area contributed by atoms with Gasteiger partial charge in [-0.3, -0.25) is 14.2 Å². The van der Waals surface area contributed by atoms with Gasteiger partial charge < -0.3 is 10.4 Å². The lowest BCUT2D eigenvalue weighted by Crippen LogP contribution is -2.26. The Labute approximate surface area is 179 Å². The lowest BCUT2D eigenvalue weighted by Gasteiger charge is -2.08. The summed E-state index contributed by atoms with van der Waals surface area (Å²) in [5.41, 5.74) is 2.31. The average molecular weight is 433 g/mol. The Morgan fingerprint density at radius 2 is 1.83 bits per heavy atom. The number of halogens is 2. The Hall–Kier alpha value is -2.50. The largest absolute Gasteiger partial charge is 0.506 e. The zero-order valence-corrected chi connectivity index (χ0v) is 17.8. The van der Waals surface area contributed by atoms with Crippen LogP contribution in [0.3, 0.4) is 0 Å². The van der Waals surface area contributed by atoms with Crippen molar-refractivity contribution in [3.8, 4) is 5.75 Å². The van der Waals surface area contributed by atoms with Crippen molar-refractivity contribution in [1.82, 2.24) is 9.88 Å². The summed E-state index contributed by atoms with van der Waals surface area (Å²) in [7, 11) is 0. The van der Waals surface area contributed by atoms with Crippen molar-refractivity contribution in [2.24, 2.45) is 0 Å². The Kier molecular flexibility index (Phi) is 6.50. The molecule has 2 N–H and O–H groups in total. The number of rotatable bonds is 6. The molecule has 0 radical (unpaired) electrons. The molecule has 0 atom stereocenters. The molecule has 0 saturated carbocycles. The number of aromatic hydroxyl groups is 1. The summed E-state index contributed by atoms with van der Waals surface area (Å²) in [6.07, 6.45) is 1.99. The zero-order valence-electron chi connectivity index (χ0n) is 16.3. The second-order valence-corrected chi connectivity index (χ2v) is 7.76. The Bertz CT molecular complexity index is 1070. The van der Waals surface area contributed by atoms with Gasteiger partial charge in [0.05, 0.1) is 17.0 Å². The van der Waals surface area contributed by atoms with Crippen LogP contribution in [-0.2, 0) is 11.2 Å². The van der Waals surface area contributed by atoms with Gasteiger partial charge in [0.25, 0.3) is 5.91 Å². The van der Waals surface area contributed by atoms with Crippen LogP contribution < -0.4 is 5.32 Å². The van der Waals surface area contributed by atoms with Gasteiger partial charge in [0.15, 0.2) is 0 Å². The van der Waals surface area contributed by atoms with Crippen molar-refractivity contribution < 1.29 is 14.7 Å². The van der Waals surface area contributed by atoms with Crippen LogP contribution in [0.2, 0.25) is 10.0 Å². The van der Waals surface area contributed by atoms with Crippen LogP contribution in [0.25, 0.3) is 10.9 Å². The standard InChI is InChI=1S/C22H22Cl2N2O3/c1-3-4-9-25-21(28)11-16-13(2)26(19-12-18(24)20(27)10-17(16)19)22(29)14-5-7-15(23)8-6-14/h5-8,10,12,27H,3-4,9,11H2,1-2H3,(H,25,28). The van der Waals surface area contributed by atoms with E-state index in [2.05, 4.69) is 12.2 Å². The summed E-state index contributed by atoms with van der Waals surface area (Å²) >= 11 is 12.0. The highest BCUT2D eigenvalue weighted by Crippen LogP contribution is 2.35. The number of aromatic nitrogens is 1. The molecule has 1 amide bonds. The molecule has 0 aliphatic rings. The van der Waals surface area contributed by atoms with E-state index in [0.29, 0.717) is 39.3 Å². The van der Waals surface area contributed by atoms with E-state index in [9.17, 15) is 14.7 Å². The number of amides is 1. The van der Waals surface area contributed by atoms with Gasteiger partial charge >= 0.3 is 0 Å². The van der Waals surface area contributed by atoms with Crippen molar-refractivity contribution in [2.45, 2.75) is 33.1 Å². The molecule has 5 nitrogen and oxygen atoms in total. The molecule has 0 spiro atoms. The van der Waals surface area contributed by atoms with E-state index in [1.165, 1.54) is 10.6 Å². The summed E-state index contributed by atoms with van der Waals surface area (Å²) < 4.78 is 1.53. The molecule has 0 aliphatic heterocycles. The molecule has 152 valence electrons. The van der Waals surface area contributed by atoms with E-state index in [0.717, 1.165) is 12.8 Å². The maximum Gasteiger partial charge on any atom is 0.262 e. The molecular formula is C22H22Cl2N2O3. The number of unbranched alkanes of at least 4 members (excludes halogenated alkanes) is 1. The minimum absolute atomic E-state index is 0.0945. The van der Waals surface area contributed by atoms with Crippen molar-refractivity contribution in [3.05, 3.63) is 63.3 Å². The topological polar surface area (TPSA) is 71.3 Å². The number of carbonyl (C=O) groups excluding carboxylic acids is 2. The van der Waals surface area contributed by atoms with Crippen LogP contribution >= 0.6 is 23.2 Å². The predicted molar refractivity (Wildman–Crippen MR) is 116 cm³/mol. The first-order valence-corrected chi connectivity index (χ1v) is 10.2. The molecule has 0 aliphatic carbocycles. The fraction of sp³-hybridized carbons (Fsp3) is 0.273. The molecule has 7 heteroatoms. The van der Waals surface area contributed by atoms with E-state index in [1.807, 2.05) is 0 Å². The zero-order chi connectivity index (χ0) is 21.1. The summed E-state index contributed by atoms with van der Waals surface area (Å²) in [5, 5.41) is 14.3. The molecule has 3 aromatic rings. The molecule has 2 aromatic carbocycles. The number of carbonyl (C=O) groups is 2. The Morgan fingerprint density at radius 3 is 2.48 bits per heavy atom. The van der Waals surface area contributed by atoms with Gasteiger partial charge in [-0.05, 0) is 55.3 Å². The first kappa shape index (κ1) is 21.2. The van der Waals surface area contributed by atoms with Crippen LogP contribution in [0.1, 0.15) is 41.4 Å².